The molecule has 0 nitrogen and oxygen atoms in total. The Labute approximate surface area is 134 Å². The zero-order chi connectivity index (χ0) is 15.6. The summed E-state index contributed by atoms with van der Waals surface area (Å²) in [5.41, 5.74) is 5.33. The molecule has 0 amide bonds. The SMILES string of the molecule is CC(C)c1cccc(Cc2ccc(C(C)(C)C)cc2)c1Cl. The minimum absolute atomic E-state index is 0.202. The van der Waals surface area contributed by atoms with Gasteiger partial charge >= 0.3 is 0 Å². The molecule has 0 aliphatic heterocycles. The number of halogens is 1. The van der Waals surface area contributed by atoms with Gasteiger partial charge in [-0.25, -0.2) is 0 Å². The monoisotopic (exact) mass is 300 g/mol. The van der Waals surface area contributed by atoms with Crippen molar-refractivity contribution in [1.29, 1.82) is 0 Å². The second kappa shape index (κ2) is 6.23. The van der Waals surface area contributed by atoms with Crippen LogP contribution >= 0.6 is 11.6 Å². The van der Waals surface area contributed by atoms with Crippen molar-refractivity contribution in [3.05, 3.63) is 69.7 Å². The van der Waals surface area contributed by atoms with Crippen molar-refractivity contribution in [1.82, 2.24) is 0 Å². The quantitative estimate of drug-likeness (QED) is 0.619. The maximum Gasteiger partial charge on any atom is 0.0475 e. The topological polar surface area (TPSA) is 0 Å². The van der Waals surface area contributed by atoms with Crippen LogP contribution in [0.25, 0.3) is 0 Å². The molecule has 0 N–H and O–H groups in total. The van der Waals surface area contributed by atoms with E-state index in [-0.39, 0.29) is 5.41 Å². The van der Waals surface area contributed by atoms with Crippen molar-refractivity contribution in [2.75, 3.05) is 0 Å². The standard InChI is InChI=1S/C20H25Cl/c1-14(2)18-8-6-7-16(19(18)21)13-15-9-11-17(12-10-15)20(3,4)5/h6-12,14H,13H2,1-5H3. The summed E-state index contributed by atoms with van der Waals surface area (Å²) < 4.78 is 0. The van der Waals surface area contributed by atoms with E-state index in [0.29, 0.717) is 5.92 Å². The van der Waals surface area contributed by atoms with Gasteiger partial charge in [0.25, 0.3) is 0 Å². The van der Waals surface area contributed by atoms with E-state index in [9.17, 15) is 0 Å². The average molecular weight is 301 g/mol. The van der Waals surface area contributed by atoms with Gasteiger partial charge in [-0.05, 0) is 40.0 Å². The summed E-state index contributed by atoms with van der Waals surface area (Å²) in [5, 5.41) is 0.924. The van der Waals surface area contributed by atoms with Crippen molar-refractivity contribution in [3.8, 4) is 0 Å². The highest BCUT2D eigenvalue weighted by molar-refractivity contribution is 6.32. The molecule has 0 aliphatic carbocycles. The van der Waals surface area contributed by atoms with Gasteiger partial charge in [0, 0.05) is 5.02 Å². The molecule has 2 aromatic carbocycles. The van der Waals surface area contributed by atoms with Crippen LogP contribution in [0.5, 0.6) is 0 Å². The molecule has 1 heteroatoms. The lowest BCUT2D eigenvalue weighted by atomic mass is 9.86. The summed E-state index contributed by atoms with van der Waals surface area (Å²) in [6.45, 7) is 11.1. The summed E-state index contributed by atoms with van der Waals surface area (Å²) in [4.78, 5) is 0. The van der Waals surface area contributed by atoms with Crippen LogP contribution in [0, 0.1) is 0 Å². The van der Waals surface area contributed by atoms with Crippen LogP contribution in [0.2, 0.25) is 5.02 Å². The summed E-state index contributed by atoms with van der Waals surface area (Å²) in [7, 11) is 0. The van der Waals surface area contributed by atoms with Gasteiger partial charge in [-0.1, -0.05) is 88.7 Å². The Morgan fingerprint density at radius 3 is 2.10 bits per heavy atom. The number of hydrogen-bond acceptors (Lipinski definition) is 0. The highest BCUT2D eigenvalue weighted by Crippen LogP contribution is 2.29. The van der Waals surface area contributed by atoms with Crippen LogP contribution in [-0.4, -0.2) is 0 Å². The summed E-state index contributed by atoms with van der Waals surface area (Å²) >= 11 is 6.56. The predicted molar refractivity (Wildman–Crippen MR) is 93.5 cm³/mol. The van der Waals surface area contributed by atoms with E-state index in [1.54, 1.807) is 0 Å². The molecule has 0 saturated carbocycles. The van der Waals surface area contributed by atoms with E-state index >= 15 is 0 Å². The molecule has 0 fully saturated rings. The van der Waals surface area contributed by atoms with Crippen LogP contribution in [0.1, 0.15) is 62.8 Å². The van der Waals surface area contributed by atoms with Crippen molar-refractivity contribution in [2.45, 2.75) is 52.4 Å². The second-order valence-corrected chi connectivity index (χ2v) is 7.48. The Bertz CT molecular complexity index is 601. The molecule has 21 heavy (non-hydrogen) atoms. The minimum Gasteiger partial charge on any atom is -0.0837 e. The first-order valence-electron chi connectivity index (χ1n) is 7.65. The molecule has 0 unspecified atom stereocenters. The smallest absolute Gasteiger partial charge is 0.0475 e. The van der Waals surface area contributed by atoms with E-state index in [1.807, 2.05) is 0 Å². The van der Waals surface area contributed by atoms with Gasteiger partial charge in [0.2, 0.25) is 0 Å². The predicted octanol–water partition coefficient (Wildman–Crippen LogP) is 6.35. The van der Waals surface area contributed by atoms with Gasteiger partial charge in [0.1, 0.15) is 0 Å². The summed E-state index contributed by atoms with van der Waals surface area (Å²) in [6, 6.07) is 15.3. The zero-order valence-corrected chi connectivity index (χ0v) is 14.5. The maximum atomic E-state index is 6.56. The van der Waals surface area contributed by atoms with Crippen LogP contribution in [0.4, 0.5) is 0 Å². The lowest BCUT2D eigenvalue weighted by molar-refractivity contribution is 0.590. The largest absolute Gasteiger partial charge is 0.0837 e. The van der Waals surface area contributed by atoms with Crippen molar-refractivity contribution in [2.24, 2.45) is 0 Å². The summed E-state index contributed by atoms with van der Waals surface area (Å²) in [6.07, 6.45) is 0.893. The molecule has 0 aromatic heterocycles. The first kappa shape index (κ1) is 16.1. The molecule has 112 valence electrons. The average Bonchev–Trinajstić information content (AvgIpc) is 2.40. The Balaban J connectivity index is 2.25. The second-order valence-electron chi connectivity index (χ2n) is 7.10. The fraction of sp³-hybridized carbons (Fsp3) is 0.400. The Hall–Kier alpha value is -1.27. The number of benzene rings is 2. The van der Waals surface area contributed by atoms with Crippen molar-refractivity contribution < 1.29 is 0 Å². The molecule has 0 bridgehead atoms. The van der Waals surface area contributed by atoms with Gasteiger partial charge in [-0.2, -0.15) is 0 Å². The third-order valence-corrected chi connectivity index (χ3v) is 4.41. The van der Waals surface area contributed by atoms with E-state index in [4.69, 9.17) is 11.6 Å². The lowest BCUT2D eigenvalue weighted by Crippen LogP contribution is -2.10. The lowest BCUT2D eigenvalue weighted by Gasteiger charge is -2.19. The Kier molecular flexibility index (Phi) is 4.78. The summed E-state index contributed by atoms with van der Waals surface area (Å²) in [5.74, 6) is 0.459. The Morgan fingerprint density at radius 2 is 1.57 bits per heavy atom. The highest BCUT2D eigenvalue weighted by atomic mass is 35.5. The van der Waals surface area contributed by atoms with Crippen molar-refractivity contribution >= 4 is 11.6 Å². The fourth-order valence-corrected chi connectivity index (χ4v) is 2.94. The third kappa shape index (κ3) is 3.89. The number of hydrogen-bond donors (Lipinski definition) is 0. The van der Waals surface area contributed by atoms with Gasteiger partial charge in [0.15, 0.2) is 0 Å². The molecular formula is C20H25Cl. The van der Waals surface area contributed by atoms with Crippen LogP contribution in [0.15, 0.2) is 42.5 Å². The maximum absolute atomic E-state index is 6.56. The Morgan fingerprint density at radius 1 is 0.952 bits per heavy atom. The molecule has 2 aromatic rings. The molecule has 0 heterocycles. The fourth-order valence-electron chi connectivity index (χ4n) is 2.52. The first-order chi connectivity index (χ1) is 9.79. The van der Waals surface area contributed by atoms with Gasteiger partial charge in [0.05, 0.1) is 0 Å². The van der Waals surface area contributed by atoms with Crippen LogP contribution < -0.4 is 0 Å². The van der Waals surface area contributed by atoms with E-state index in [1.165, 1.54) is 22.3 Å². The third-order valence-electron chi connectivity index (χ3n) is 3.95. The van der Waals surface area contributed by atoms with Crippen LogP contribution in [0.3, 0.4) is 0 Å². The van der Waals surface area contributed by atoms with E-state index in [2.05, 4.69) is 77.1 Å². The first-order valence-corrected chi connectivity index (χ1v) is 8.03. The minimum atomic E-state index is 0.202. The molecular weight excluding hydrogens is 276 g/mol. The molecule has 0 aliphatic rings. The van der Waals surface area contributed by atoms with Gasteiger partial charge in [-0.3, -0.25) is 0 Å². The normalized spacial score (nSPS) is 12.0. The van der Waals surface area contributed by atoms with Gasteiger partial charge < -0.3 is 0 Å². The van der Waals surface area contributed by atoms with Crippen LogP contribution in [-0.2, 0) is 11.8 Å². The van der Waals surface area contributed by atoms with E-state index < -0.39 is 0 Å². The van der Waals surface area contributed by atoms with Gasteiger partial charge in [-0.15, -0.1) is 0 Å². The zero-order valence-electron chi connectivity index (χ0n) is 13.7. The molecule has 0 atom stereocenters. The number of rotatable bonds is 3. The van der Waals surface area contributed by atoms with E-state index in [0.717, 1.165) is 11.4 Å². The molecule has 0 radical (unpaired) electrons. The molecule has 0 saturated heterocycles. The highest BCUT2D eigenvalue weighted by Gasteiger charge is 2.13. The molecule has 2 rings (SSSR count). The molecule has 0 spiro atoms. The van der Waals surface area contributed by atoms with Crippen molar-refractivity contribution in [3.63, 3.8) is 0 Å².